The van der Waals surface area contributed by atoms with Gasteiger partial charge < -0.3 is 0 Å². The largest absolute Gasteiger partial charge is 0.294 e. The summed E-state index contributed by atoms with van der Waals surface area (Å²) in [5.41, 5.74) is 2.12. The summed E-state index contributed by atoms with van der Waals surface area (Å²) in [7, 11) is 0. The van der Waals surface area contributed by atoms with Gasteiger partial charge in [0.15, 0.2) is 11.6 Å². The van der Waals surface area contributed by atoms with E-state index in [0.29, 0.717) is 17.5 Å². The second-order valence-electron chi connectivity index (χ2n) is 6.48. The van der Waals surface area contributed by atoms with Crippen LogP contribution in [-0.2, 0) is 0 Å². The number of Topliss-reactive ketones (excluding diaryl/α,β-unsaturated/α-hetero) is 2. The van der Waals surface area contributed by atoms with Gasteiger partial charge in [0.05, 0.1) is 5.92 Å². The predicted octanol–water partition coefficient (Wildman–Crippen LogP) is 6.32. The van der Waals surface area contributed by atoms with Crippen molar-refractivity contribution in [3.8, 4) is 0 Å². The summed E-state index contributed by atoms with van der Waals surface area (Å²) in [5.74, 6) is -0.978. The van der Waals surface area contributed by atoms with Crippen LogP contribution in [0.4, 0.5) is 0 Å². The van der Waals surface area contributed by atoms with Crippen LogP contribution in [0, 0.1) is 5.92 Å². The van der Waals surface area contributed by atoms with Crippen LogP contribution in [0.15, 0.2) is 89.4 Å². The van der Waals surface area contributed by atoms with E-state index in [1.54, 1.807) is 0 Å². The zero-order chi connectivity index (χ0) is 19.2. The fourth-order valence-corrected chi connectivity index (χ4v) is 3.92. The minimum atomic E-state index is -0.516. The molecule has 0 saturated heterocycles. The third kappa shape index (κ3) is 4.25. The molecule has 0 spiro atoms. The van der Waals surface area contributed by atoms with Crippen molar-refractivity contribution >= 4 is 27.5 Å². The van der Waals surface area contributed by atoms with Crippen molar-refractivity contribution in [2.24, 2.45) is 5.92 Å². The lowest BCUT2D eigenvalue weighted by atomic mass is 9.76. The number of carbonyl (C=O) groups excluding carboxylic acids is 2. The standard InChI is InChI=1S/C24H21BrO2/c1-2-19(24(27)20-15-9-10-16-21(20)25)22(17-11-5-3-6-12-17)23(26)18-13-7-4-8-14-18/h3-16,19,22H,2H2,1H3. The molecule has 0 radical (unpaired) electrons. The Morgan fingerprint density at radius 2 is 1.33 bits per heavy atom. The second kappa shape index (κ2) is 8.92. The minimum absolute atomic E-state index is 0.0110. The molecule has 2 unspecified atom stereocenters. The molecule has 3 heteroatoms. The van der Waals surface area contributed by atoms with Gasteiger partial charge in [-0.05, 0) is 18.1 Å². The lowest BCUT2D eigenvalue weighted by molar-refractivity contribution is 0.0816. The average Bonchev–Trinajstić information content (AvgIpc) is 2.72. The second-order valence-corrected chi connectivity index (χ2v) is 7.33. The van der Waals surface area contributed by atoms with Crippen molar-refractivity contribution in [1.82, 2.24) is 0 Å². The normalized spacial score (nSPS) is 13.0. The summed E-state index contributed by atoms with van der Waals surface area (Å²) < 4.78 is 0.757. The quantitative estimate of drug-likeness (QED) is 0.418. The molecule has 0 fully saturated rings. The highest BCUT2D eigenvalue weighted by molar-refractivity contribution is 9.10. The van der Waals surface area contributed by atoms with Gasteiger partial charge in [0.2, 0.25) is 0 Å². The van der Waals surface area contributed by atoms with Gasteiger partial charge in [-0.25, -0.2) is 0 Å². The Bertz CT molecular complexity index is 919. The molecule has 3 aromatic carbocycles. The highest BCUT2D eigenvalue weighted by Gasteiger charge is 2.35. The van der Waals surface area contributed by atoms with Crippen molar-refractivity contribution in [3.63, 3.8) is 0 Å². The first-order chi connectivity index (χ1) is 13.1. The van der Waals surface area contributed by atoms with Crippen LogP contribution in [0.1, 0.15) is 45.5 Å². The van der Waals surface area contributed by atoms with Gasteiger partial charge in [-0.3, -0.25) is 9.59 Å². The van der Waals surface area contributed by atoms with Crippen LogP contribution in [0.3, 0.4) is 0 Å². The fraction of sp³-hybridized carbons (Fsp3) is 0.167. The zero-order valence-corrected chi connectivity index (χ0v) is 16.7. The highest BCUT2D eigenvalue weighted by atomic mass is 79.9. The summed E-state index contributed by atoms with van der Waals surface area (Å²) >= 11 is 3.48. The maximum atomic E-state index is 13.4. The zero-order valence-electron chi connectivity index (χ0n) is 15.1. The summed E-state index contributed by atoms with van der Waals surface area (Å²) in [6, 6.07) is 26.2. The van der Waals surface area contributed by atoms with Crippen molar-refractivity contribution < 1.29 is 9.59 Å². The van der Waals surface area contributed by atoms with Gasteiger partial charge in [0, 0.05) is 21.5 Å². The molecule has 3 aromatic rings. The van der Waals surface area contributed by atoms with Gasteiger partial charge in [0.1, 0.15) is 0 Å². The number of carbonyl (C=O) groups is 2. The lowest BCUT2D eigenvalue weighted by Gasteiger charge is -2.25. The first kappa shape index (κ1) is 19.2. The minimum Gasteiger partial charge on any atom is -0.294 e. The summed E-state index contributed by atoms with van der Waals surface area (Å²) in [4.78, 5) is 26.8. The number of hydrogen-bond donors (Lipinski definition) is 0. The van der Waals surface area contributed by atoms with Crippen molar-refractivity contribution in [2.45, 2.75) is 19.3 Å². The van der Waals surface area contributed by atoms with Crippen LogP contribution in [0.25, 0.3) is 0 Å². The number of ketones is 2. The number of rotatable bonds is 7. The summed E-state index contributed by atoms with van der Waals surface area (Å²) in [6.07, 6.45) is 0.582. The molecule has 0 bridgehead atoms. The topological polar surface area (TPSA) is 34.1 Å². The molecule has 0 aliphatic heterocycles. The predicted molar refractivity (Wildman–Crippen MR) is 112 cm³/mol. The molecular weight excluding hydrogens is 400 g/mol. The fourth-order valence-electron chi connectivity index (χ4n) is 3.44. The molecule has 0 aliphatic rings. The monoisotopic (exact) mass is 420 g/mol. The maximum absolute atomic E-state index is 13.4. The number of halogens is 1. The third-order valence-electron chi connectivity index (χ3n) is 4.82. The number of hydrogen-bond acceptors (Lipinski definition) is 2. The Morgan fingerprint density at radius 3 is 1.93 bits per heavy atom. The highest BCUT2D eigenvalue weighted by Crippen LogP contribution is 2.34. The third-order valence-corrected chi connectivity index (χ3v) is 5.51. The van der Waals surface area contributed by atoms with Gasteiger partial charge in [0.25, 0.3) is 0 Å². The SMILES string of the molecule is CCC(C(=O)c1ccccc1Br)C(C(=O)c1ccccc1)c1ccccc1. The Hall–Kier alpha value is -2.52. The maximum Gasteiger partial charge on any atom is 0.171 e. The first-order valence-corrected chi connectivity index (χ1v) is 9.85. The van der Waals surface area contributed by atoms with Crippen LogP contribution < -0.4 is 0 Å². The van der Waals surface area contributed by atoms with E-state index in [9.17, 15) is 9.59 Å². The van der Waals surface area contributed by atoms with Crippen LogP contribution in [0.5, 0.6) is 0 Å². The molecule has 0 aliphatic carbocycles. The van der Waals surface area contributed by atoms with Gasteiger partial charge in [-0.15, -0.1) is 0 Å². The van der Waals surface area contributed by atoms with Crippen molar-refractivity contribution in [2.75, 3.05) is 0 Å². The average molecular weight is 421 g/mol. The Balaban J connectivity index is 2.07. The molecule has 2 atom stereocenters. The van der Waals surface area contributed by atoms with Crippen molar-refractivity contribution in [3.05, 3.63) is 106 Å². The molecule has 0 saturated carbocycles. The summed E-state index contributed by atoms with van der Waals surface area (Å²) in [5, 5.41) is 0. The number of benzene rings is 3. The van der Waals surface area contributed by atoms with E-state index in [2.05, 4.69) is 15.9 Å². The van der Waals surface area contributed by atoms with E-state index in [1.165, 1.54) is 0 Å². The Morgan fingerprint density at radius 1 is 0.778 bits per heavy atom. The molecule has 3 rings (SSSR count). The van der Waals surface area contributed by atoms with Crippen LogP contribution in [0.2, 0.25) is 0 Å². The van der Waals surface area contributed by atoms with E-state index >= 15 is 0 Å². The molecule has 2 nitrogen and oxygen atoms in total. The van der Waals surface area contributed by atoms with E-state index in [1.807, 2.05) is 91.9 Å². The van der Waals surface area contributed by atoms with E-state index < -0.39 is 11.8 Å². The molecule has 136 valence electrons. The van der Waals surface area contributed by atoms with Crippen LogP contribution in [-0.4, -0.2) is 11.6 Å². The van der Waals surface area contributed by atoms with Gasteiger partial charge in [-0.1, -0.05) is 102 Å². The van der Waals surface area contributed by atoms with E-state index in [0.717, 1.165) is 10.0 Å². The molecule has 0 amide bonds. The Labute approximate surface area is 168 Å². The molecule has 0 aromatic heterocycles. The van der Waals surface area contributed by atoms with Crippen LogP contribution >= 0.6 is 15.9 Å². The van der Waals surface area contributed by atoms with E-state index in [4.69, 9.17) is 0 Å². The van der Waals surface area contributed by atoms with Crippen molar-refractivity contribution in [1.29, 1.82) is 0 Å². The summed E-state index contributed by atoms with van der Waals surface area (Å²) in [6.45, 7) is 1.97. The molecule has 0 heterocycles. The molecular formula is C24H21BrO2. The van der Waals surface area contributed by atoms with E-state index in [-0.39, 0.29) is 11.6 Å². The molecule has 0 N–H and O–H groups in total. The van der Waals surface area contributed by atoms with Gasteiger partial charge in [-0.2, -0.15) is 0 Å². The first-order valence-electron chi connectivity index (χ1n) is 9.06. The Kier molecular flexibility index (Phi) is 6.36. The molecule has 27 heavy (non-hydrogen) atoms. The van der Waals surface area contributed by atoms with Gasteiger partial charge >= 0.3 is 0 Å². The lowest BCUT2D eigenvalue weighted by Crippen LogP contribution is -2.28. The smallest absolute Gasteiger partial charge is 0.171 e.